The van der Waals surface area contributed by atoms with E-state index in [0.717, 1.165) is 11.8 Å². The van der Waals surface area contributed by atoms with Crippen LogP contribution in [0.5, 0.6) is 0 Å². The summed E-state index contributed by atoms with van der Waals surface area (Å²) in [4.78, 5) is 22.2. The van der Waals surface area contributed by atoms with Crippen LogP contribution in [0.1, 0.15) is 56.0 Å². The Morgan fingerprint density at radius 2 is 1.83 bits per heavy atom. The van der Waals surface area contributed by atoms with Gasteiger partial charge in [0.15, 0.2) is 0 Å². The summed E-state index contributed by atoms with van der Waals surface area (Å²) in [5, 5.41) is 0. The Bertz CT molecular complexity index is 412. The Balaban J connectivity index is 2.76. The van der Waals surface area contributed by atoms with Gasteiger partial charge in [-0.05, 0) is 44.4 Å². The highest BCUT2D eigenvalue weighted by atomic mass is 16.6. The smallest absolute Gasteiger partial charge is 0.338 e. The number of aldehydes is 1. The minimum absolute atomic E-state index is 0.176. The second kappa shape index (κ2) is 5.80. The molecule has 0 radical (unpaired) electrons. The molecule has 1 aromatic rings. The van der Waals surface area contributed by atoms with Crippen molar-refractivity contribution in [3.63, 3.8) is 0 Å². The molecule has 0 aliphatic heterocycles. The number of carbonyl (C=O) groups is 2. The number of carbonyl (C=O) groups excluding carboxylic acids is 2. The lowest BCUT2D eigenvalue weighted by molar-refractivity contribution is -0.108. The second-order valence-electron chi connectivity index (χ2n) is 5.43. The van der Waals surface area contributed by atoms with Gasteiger partial charge in [-0.3, -0.25) is 0 Å². The Labute approximate surface area is 108 Å². The van der Waals surface area contributed by atoms with E-state index in [4.69, 9.17) is 4.74 Å². The molecule has 0 N–H and O–H groups in total. The molecule has 18 heavy (non-hydrogen) atoms. The quantitative estimate of drug-likeness (QED) is 0.606. The molecule has 0 saturated heterocycles. The molecule has 3 nitrogen and oxygen atoms in total. The molecule has 0 amide bonds. The van der Waals surface area contributed by atoms with E-state index in [1.54, 1.807) is 12.1 Å². The van der Waals surface area contributed by atoms with Gasteiger partial charge in [-0.2, -0.15) is 0 Å². The summed E-state index contributed by atoms with van der Waals surface area (Å²) in [6, 6.07) is 7.22. The van der Waals surface area contributed by atoms with Crippen molar-refractivity contribution in [2.45, 2.75) is 45.6 Å². The van der Waals surface area contributed by atoms with E-state index in [9.17, 15) is 9.59 Å². The molecule has 0 aromatic heterocycles. The zero-order chi connectivity index (χ0) is 13.8. The molecule has 0 saturated carbocycles. The topological polar surface area (TPSA) is 43.4 Å². The molecule has 1 unspecified atom stereocenters. The highest BCUT2D eigenvalue weighted by Gasteiger charge is 2.17. The molecule has 0 bridgehead atoms. The number of hydrogen-bond acceptors (Lipinski definition) is 3. The van der Waals surface area contributed by atoms with Gasteiger partial charge in [-0.25, -0.2) is 4.79 Å². The summed E-state index contributed by atoms with van der Waals surface area (Å²) in [6.45, 7) is 7.50. The van der Waals surface area contributed by atoms with E-state index in [0.29, 0.717) is 12.0 Å². The van der Waals surface area contributed by atoms with Crippen molar-refractivity contribution in [2.75, 3.05) is 0 Å². The predicted octanol–water partition coefficient (Wildman–Crippen LogP) is 3.33. The fraction of sp³-hybridized carbons (Fsp3) is 0.467. The SMILES string of the molecule is CC(CC=O)c1ccc(C(=O)OC(C)(C)C)cc1. The fourth-order valence-corrected chi connectivity index (χ4v) is 1.57. The highest BCUT2D eigenvalue weighted by molar-refractivity contribution is 5.89. The zero-order valence-corrected chi connectivity index (χ0v) is 11.4. The maximum absolute atomic E-state index is 11.8. The lowest BCUT2D eigenvalue weighted by atomic mass is 9.97. The molecule has 1 rings (SSSR count). The van der Waals surface area contributed by atoms with Crippen LogP contribution in [0.2, 0.25) is 0 Å². The van der Waals surface area contributed by atoms with Gasteiger partial charge in [0.1, 0.15) is 11.9 Å². The van der Waals surface area contributed by atoms with Crippen LogP contribution < -0.4 is 0 Å². The van der Waals surface area contributed by atoms with Crippen molar-refractivity contribution in [1.29, 1.82) is 0 Å². The van der Waals surface area contributed by atoms with Crippen LogP contribution in [0.4, 0.5) is 0 Å². The molecule has 0 aliphatic carbocycles. The van der Waals surface area contributed by atoms with Crippen molar-refractivity contribution >= 4 is 12.3 Å². The van der Waals surface area contributed by atoms with Crippen LogP contribution in [-0.4, -0.2) is 17.9 Å². The summed E-state index contributed by atoms with van der Waals surface area (Å²) in [5.41, 5.74) is 1.10. The molecule has 1 atom stereocenters. The first-order valence-electron chi connectivity index (χ1n) is 6.10. The van der Waals surface area contributed by atoms with Crippen molar-refractivity contribution in [1.82, 2.24) is 0 Å². The number of hydrogen-bond donors (Lipinski definition) is 0. The van der Waals surface area contributed by atoms with E-state index in [2.05, 4.69) is 0 Å². The fourth-order valence-electron chi connectivity index (χ4n) is 1.57. The van der Waals surface area contributed by atoms with Gasteiger partial charge in [0.25, 0.3) is 0 Å². The van der Waals surface area contributed by atoms with Crippen LogP contribution >= 0.6 is 0 Å². The van der Waals surface area contributed by atoms with Gasteiger partial charge < -0.3 is 9.53 Å². The minimum atomic E-state index is -0.486. The Morgan fingerprint density at radius 1 is 1.28 bits per heavy atom. The average Bonchev–Trinajstić information content (AvgIpc) is 2.27. The maximum Gasteiger partial charge on any atom is 0.338 e. The van der Waals surface area contributed by atoms with Gasteiger partial charge >= 0.3 is 5.97 Å². The monoisotopic (exact) mass is 248 g/mol. The normalized spacial score (nSPS) is 12.9. The highest BCUT2D eigenvalue weighted by Crippen LogP contribution is 2.19. The lowest BCUT2D eigenvalue weighted by Gasteiger charge is -2.19. The summed E-state index contributed by atoms with van der Waals surface area (Å²) < 4.78 is 5.28. The average molecular weight is 248 g/mol. The van der Waals surface area contributed by atoms with Crippen molar-refractivity contribution in [3.8, 4) is 0 Å². The third-order valence-corrected chi connectivity index (χ3v) is 2.56. The summed E-state index contributed by atoms with van der Waals surface area (Å²) in [7, 11) is 0. The van der Waals surface area contributed by atoms with E-state index >= 15 is 0 Å². The van der Waals surface area contributed by atoms with Gasteiger partial charge in [0.2, 0.25) is 0 Å². The summed E-state index contributed by atoms with van der Waals surface area (Å²) in [6.07, 6.45) is 1.40. The van der Waals surface area contributed by atoms with Crippen LogP contribution in [0, 0.1) is 0 Å². The molecule has 0 spiro atoms. The number of ether oxygens (including phenoxy) is 1. The maximum atomic E-state index is 11.8. The molecule has 0 heterocycles. The van der Waals surface area contributed by atoms with Gasteiger partial charge in [0, 0.05) is 6.42 Å². The number of rotatable bonds is 4. The van der Waals surface area contributed by atoms with Crippen molar-refractivity contribution < 1.29 is 14.3 Å². The van der Waals surface area contributed by atoms with Crippen molar-refractivity contribution in [3.05, 3.63) is 35.4 Å². The van der Waals surface area contributed by atoms with Gasteiger partial charge in [0.05, 0.1) is 5.56 Å². The van der Waals surface area contributed by atoms with E-state index < -0.39 is 5.60 Å². The Hall–Kier alpha value is -1.64. The first kappa shape index (κ1) is 14.4. The molecular formula is C15H20O3. The molecule has 0 aliphatic rings. The van der Waals surface area contributed by atoms with Crippen LogP contribution in [0.25, 0.3) is 0 Å². The number of benzene rings is 1. The van der Waals surface area contributed by atoms with Crippen LogP contribution in [0.3, 0.4) is 0 Å². The first-order valence-corrected chi connectivity index (χ1v) is 6.10. The minimum Gasteiger partial charge on any atom is -0.456 e. The molecular weight excluding hydrogens is 228 g/mol. The standard InChI is InChI=1S/C15H20O3/c1-11(9-10-16)12-5-7-13(8-6-12)14(17)18-15(2,3)4/h5-8,10-11H,9H2,1-4H3. The molecule has 1 aromatic carbocycles. The second-order valence-corrected chi connectivity index (χ2v) is 5.43. The van der Waals surface area contributed by atoms with Crippen molar-refractivity contribution in [2.24, 2.45) is 0 Å². The summed E-state index contributed by atoms with van der Waals surface area (Å²) in [5.74, 6) is -0.146. The van der Waals surface area contributed by atoms with E-state index in [1.165, 1.54) is 0 Å². The predicted molar refractivity (Wildman–Crippen MR) is 70.7 cm³/mol. The molecule has 0 fully saturated rings. The number of esters is 1. The largest absolute Gasteiger partial charge is 0.456 e. The lowest BCUT2D eigenvalue weighted by Crippen LogP contribution is -2.23. The third kappa shape index (κ3) is 4.32. The van der Waals surface area contributed by atoms with Crippen LogP contribution in [0.15, 0.2) is 24.3 Å². The van der Waals surface area contributed by atoms with Gasteiger partial charge in [-0.1, -0.05) is 19.1 Å². The molecule has 3 heteroatoms. The van der Waals surface area contributed by atoms with E-state index in [-0.39, 0.29) is 11.9 Å². The van der Waals surface area contributed by atoms with E-state index in [1.807, 2.05) is 39.8 Å². The first-order chi connectivity index (χ1) is 8.33. The third-order valence-electron chi connectivity index (χ3n) is 2.56. The van der Waals surface area contributed by atoms with Crippen LogP contribution in [-0.2, 0) is 9.53 Å². The molecule has 98 valence electrons. The Morgan fingerprint density at radius 3 is 2.28 bits per heavy atom. The summed E-state index contributed by atoms with van der Waals surface area (Å²) >= 11 is 0. The Kier molecular flexibility index (Phi) is 4.65. The van der Waals surface area contributed by atoms with Gasteiger partial charge in [-0.15, -0.1) is 0 Å². The zero-order valence-electron chi connectivity index (χ0n) is 11.4.